The van der Waals surface area contributed by atoms with Gasteiger partial charge in [-0.2, -0.15) is 0 Å². The second-order valence-corrected chi connectivity index (χ2v) is 3.38. The highest BCUT2D eigenvalue weighted by atomic mass is 16.4. The largest absolute Gasteiger partial charge is 0.481 e. The quantitative estimate of drug-likeness (QED) is 0.743. The van der Waals surface area contributed by atoms with Gasteiger partial charge in [0.25, 0.3) is 0 Å². The average Bonchev–Trinajstić information content (AvgIpc) is 2.16. The summed E-state index contributed by atoms with van der Waals surface area (Å²) >= 11 is 0. The van der Waals surface area contributed by atoms with Crippen LogP contribution in [0.2, 0.25) is 0 Å². The number of carbonyl (C=O) groups is 1. The minimum Gasteiger partial charge on any atom is -0.481 e. The Bertz CT molecular complexity index is 285. The summed E-state index contributed by atoms with van der Waals surface area (Å²) in [5.41, 5.74) is 6.95. The third kappa shape index (κ3) is 4.05. The van der Waals surface area contributed by atoms with Crippen LogP contribution in [0.15, 0.2) is 30.3 Å². The lowest BCUT2D eigenvalue weighted by Crippen LogP contribution is -2.23. The molecule has 1 aromatic carbocycles. The van der Waals surface area contributed by atoms with Gasteiger partial charge in [0, 0.05) is 12.5 Å². The van der Waals surface area contributed by atoms with Gasteiger partial charge in [0.15, 0.2) is 0 Å². The third-order valence-corrected chi connectivity index (χ3v) is 2.07. The first-order chi connectivity index (χ1) is 6.68. The summed E-state index contributed by atoms with van der Waals surface area (Å²) in [5.74, 6) is -0.784. The van der Waals surface area contributed by atoms with Gasteiger partial charge in [0.2, 0.25) is 0 Å². The van der Waals surface area contributed by atoms with Crippen molar-refractivity contribution in [2.24, 2.45) is 5.73 Å². The minimum atomic E-state index is -0.784. The predicted octanol–water partition coefficient (Wildman–Crippen LogP) is 1.42. The van der Waals surface area contributed by atoms with Crippen molar-refractivity contribution in [1.29, 1.82) is 0 Å². The van der Waals surface area contributed by atoms with Crippen LogP contribution >= 0.6 is 0 Å². The number of carboxylic acid groups (broad SMARTS) is 1. The van der Waals surface area contributed by atoms with Crippen molar-refractivity contribution in [2.45, 2.75) is 25.3 Å². The highest BCUT2D eigenvalue weighted by molar-refractivity contribution is 5.66. The summed E-state index contributed by atoms with van der Waals surface area (Å²) in [5, 5.41) is 8.47. The van der Waals surface area contributed by atoms with Gasteiger partial charge in [-0.15, -0.1) is 0 Å². The highest BCUT2D eigenvalue weighted by Crippen LogP contribution is 2.05. The molecule has 1 rings (SSSR count). The van der Waals surface area contributed by atoms with Gasteiger partial charge < -0.3 is 10.8 Å². The fraction of sp³-hybridized carbons (Fsp3) is 0.364. The molecule has 76 valence electrons. The SMILES string of the molecule is NC(CCC(=O)O)Cc1ccccc1. The molecule has 3 heteroatoms. The molecule has 0 saturated heterocycles. The lowest BCUT2D eigenvalue weighted by atomic mass is 10.0. The van der Waals surface area contributed by atoms with Crippen molar-refractivity contribution in [3.8, 4) is 0 Å². The third-order valence-electron chi connectivity index (χ3n) is 2.07. The highest BCUT2D eigenvalue weighted by Gasteiger charge is 2.06. The molecule has 0 heterocycles. The van der Waals surface area contributed by atoms with Crippen LogP contribution in [0.1, 0.15) is 18.4 Å². The zero-order valence-corrected chi connectivity index (χ0v) is 8.02. The van der Waals surface area contributed by atoms with Crippen LogP contribution in [0.4, 0.5) is 0 Å². The van der Waals surface area contributed by atoms with Gasteiger partial charge in [-0.3, -0.25) is 4.79 Å². The molecular formula is C11H15NO2. The second-order valence-electron chi connectivity index (χ2n) is 3.38. The van der Waals surface area contributed by atoms with E-state index in [1.54, 1.807) is 0 Å². The Morgan fingerprint density at radius 2 is 2.00 bits per heavy atom. The molecule has 0 aliphatic heterocycles. The lowest BCUT2D eigenvalue weighted by molar-refractivity contribution is -0.137. The number of nitrogens with two attached hydrogens (primary N) is 1. The van der Waals surface area contributed by atoms with Crippen LogP contribution in [0.25, 0.3) is 0 Å². The Balaban J connectivity index is 2.34. The Kier molecular flexibility index (Phi) is 4.13. The molecular weight excluding hydrogens is 178 g/mol. The summed E-state index contributed by atoms with van der Waals surface area (Å²) in [4.78, 5) is 10.3. The smallest absolute Gasteiger partial charge is 0.303 e. The van der Waals surface area contributed by atoms with Gasteiger partial charge in [-0.1, -0.05) is 30.3 Å². The standard InChI is InChI=1S/C11H15NO2/c12-10(6-7-11(13)14)8-9-4-2-1-3-5-9/h1-5,10H,6-8,12H2,(H,13,14). The molecule has 0 saturated carbocycles. The molecule has 0 bridgehead atoms. The molecule has 1 unspecified atom stereocenters. The van der Waals surface area contributed by atoms with E-state index in [1.807, 2.05) is 30.3 Å². The molecule has 0 spiro atoms. The van der Waals surface area contributed by atoms with Gasteiger partial charge in [0.05, 0.1) is 0 Å². The van der Waals surface area contributed by atoms with E-state index in [9.17, 15) is 4.79 Å². The van der Waals surface area contributed by atoms with Crippen LogP contribution < -0.4 is 5.73 Å². The Morgan fingerprint density at radius 3 is 2.57 bits per heavy atom. The van der Waals surface area contributed by atoms with E-state index in [2.05, 4.69) is 0 Å². The molecule has 0 aromatic heterocycles. The first kappa shape index (κ1) is 10.7. The topological polar surface area (TPSA) is 63.3 Å². The summed E-state index contributed by atoms with van der Waals surface area (Å²) < 4.78 is 0. The van der Waals surface area contributed by atoms with Gasteiger partial charge in [-0.05, 0) is 18.4 Å². The summed E-state index contributed by atoms with van der Waals surface area (Å²) in [6.45, 7) is 0. The fourth-order valence-corrected chi connectivity index (χ4v) is 1.33. The molecule has 14 heavy (non-hydrogen) atoms. The van der Waals surface area contributed by atoms with Gasteiger partial charge in [0.1, 0.15) is 0 Å². The number of hydrogen-bond acceptors (Lipinski definition) is 2. The molecule has 3 N–H and O–H groups in total. The van der Waals surface area contributed by atoms with E-state index >= 15 is 0 Å². The van der Waals surface area contributed by atoms with E-state index in [4.69, 9.17) is 10.8 Å². The van der Waals surface area contributed by atoms with Crippen LogP contribution in [0, 0.1) is 0 Å². The molecule has 1 aromatic rings. The number of hydrogen-bond donors (Lipinski definition) is 2. The Labute approximate surface area is 83.6 Å². The fourth-order valence-electron chi connectivity index (χ4n) is 1.33. The average molecular weight is 193 g/mol. The second kappa shape index (κ2) is 5.40. The molecule has 0 aliphatic carbocycles. The number of carboxylic acids is 1. The van der Waals surface area contributed by atoms with Crippen molar-refractivity contribution in [3.05, 3.63) is 35.9 Å². The van der Waals surface area contributed by atoms with E-state index in [0.717, 1.165) is 12.0 Å². The molecule has 0 aliphatic rings. The zero-order chi connectivity index (χ0) is 10.4. The molecule has 1 atom stereocenters. The molecule has 0 fully saturated rings. The maximum atomic E-state index is 10.3. The van der Waals surface area contributed by atoms with Crippen LogP contribution in [0.3, 0.4) is 0 Å². The van der Waals surface area contributed by atoms with E-state index in [0.29, 0.717) is 6.42 Å². The van der Waals surface area contributed by atoms with Crippen molar-refractivity contribution in [2.75, 3.05) is 0 Å². The normalized spacial score (nSPS) is 12.4. The lowest BCUT2D eigenvalue weighted by Gasteiger charge is -2.09. The molecule has 0 amide bonds. The van der Waals surface area contributed by atoms with Gasteiger partial charge in [-0.25, -0.2) is 0 Å². The Morgan fingerprint density at radius 1 is 1.36 bits per heavy atom. The van der Waals surface area contributed by atoms with E-state index in [-0.39, 0.29) is 12.5 Å². The van der Waals surface area contributed by atoms with Crippen LogP contribution in [-0.4, -0.2) is 17.1 Å². The van der Waals surface area contributed by atoms with Gasteiger partial charge >= 0.3 is 5.97 Å². The first-order valence-electron chi connectivity index (χ1n) is 4.70. The maximum Gasteiger partial charge on any atom is 0.303 e. The number of rotatable bonds is 5. The Hall–Kier alpha value is -1.35. The van der Waals surface area contributed by atoms with Crippen molar-refractivity contribution in [3.63, 3.8) is 0 Å². The summed E-state index contributed by atoms with van der Waals surface area (Å²) in [6, 6.07) is 9.81. The monoisotopic (exact) mass is 193 g/mol. The predicted molar refractivity (Wildman–Crippen MR) is 55.0 cm³/mol. The number of aliphatic carboxylic acids is 1. The first-order valence-corrected chi connectivity index (χ1v) is 4.70. The number of benzene rings is 1. The summed E-state index contributed by atoms with van der Waals surface area (Å²) in [6.07, 6.45) is 1.42. The van der Waals surface area contributed by atoms with E-state index < -0.39 is 5.97 Å². The van der Waals surface area contributed by atoms with Crippen molar-refractivity contribution in [1.82, 2.24) is 0 Å². The molecule has 0 radical (unpaired) electrons. The summed E-state index contributed by atoms with van der Waals surface area (Å²) in [7, 11) is 0. The maximum absolute atomic E-state index is 10.3. The van der Waals surface area contributed by atoms with Crippen LogP contribution in [0.5, 0.6) is 0 Å². The minimum absolute atomic E-state index is 0.0616. The van der Waals surface area contributed by atoms with Crippen molar-refractivity contribution < 1.29 is 9.90 Å². The van der Waals surface area contributed by atoms with Crippen molar-refractivity contribution >= 4 is 5.97 Å². The van der Waals surface area contributed by atoms with E-state index in [1.165, 1.54) is 0 Å². The zero-order valence-electron chi connectivity index (χ0n) is 8.02. The molecule has 3 nitrogen and oxygen atoms in total. The van der Waals surface area contributed by atoms with Crippen LogP contribution in [-0.2, 0) is 11.2 Å².